The number of nitrogens with two attached hydrogens (primary N) is 1. The van der Waals surface area contributed by atoms with Crippen LogP contribution in [0.4, 0.5) is 5.69 Å². The van der Waals surface area contributed by atoms with Crippen molar-refractivity contribution in [1.82, 2.24) is 10.6 Å². The lowest BCUT2D eigenvalue weighted by Crippen LogP contribution is -2.36. The Morgan fingerprint density at radius 2 is 1.68 bits per heavy atom. The fraction of sp³-hybridized carbons (Fsp3) is 0.467. The molecule has 0 aliphatic carbocycles. The fourth-order valence-corrected chi connectivity index (χ4v) is 1.59. The molecule has 22 heavy (non-hydrogen) atoms. The lowest BCUT2D eigenvalue weighted by molar-refractivity contribution is -0.126. The molecular formula is C15H23N3O4. The first-order chi connectivity index (χ1) is 10.6. The molecule has 0 saturated heterocycles. The second kappa shape index (κ2) is 10.6. The molecule has 0 saturated carbocycles. The van der Waals surface area contributed by atoms with Gasteiger partial charge < -0.3 is 25.8 Å². The van der Waals surface area contributed by atoms with Crippen LogP contribution in [0.25, 0.3) is 0 Å². The molecule has 122 valence electrons. The number of carbonyl (C=O) groups excluding carboxylic acids is 2. The molecule has 0 spiro atoms. The van der Waals surface area contributed by atoms with Crippen molar-refractivity contribution in [2.24, 2.45) is 0 Å². The van der Waals surface area contributed by atoms with Gasteiger partial charge in [-0.25, -0.2) is 0 Å². The Balaban J connectivity index is 2.08. The van der Waals surface area contributed by atoms with E-state index in [1.807, 2.05) is 6.92 Å². The number of amides is 2. The van der Waals surface area contributed by atoms with Crippen molar-refractivity contribution in [3.8, 4) is 0 Å². The number of rotatable bonds is 10. The number of ether oxygens (including phenoxy) is 2. The molecule has 0 atom stereocenters. The highest BCUT2D eigenvalue weighted by molar-refractivity contribution is 5.94. The summed E-state index contributed by atoms with van der Waals surface area (Å²) in [6, 6.07) is 6.62. The van der Waals surface area contributed by atoms with E-state index in [4.69, 9.17) is 15.2 Å². The minimum atomic E-state index is -0.224. The molecule has 1 aromatic rings. The lowest BCUT2D eigenvalue weighted by atomic mass is 10.2. The summed E-state index contributed by atoms with van der Waals surface area (Å²) in [6.45, 7) is 4.05. The van der Waals surface area contributed by atoms with Crippen LogP contribution in [0.1, 0.15) is 17.3 Å². The summed E-state index contributed by atoms with van der Waals surface area (Å²) in [4.78, 5) is 23.2. The van der Waals surface area contributed by atoms with Gasteiger partial charge in [-0.2, -0.15) is 0 Å². The fourth-order valence-electron chi connectivity index (χ4n) is 1.59. The van der Waals surface area contributed by atoms with Gasteiger partial charge in [0, 0.05) is 30.9 Å². The molecule has 7 heteroatoms. The molecule has 0 aromatic heterocycles. The van der Waals surface area contributed by atoms with Crippen LogP contribution in [0.3, 0.4) is 0 Å². The van der Waals surface area contributed by atoms with E-state index in [1.54, 1.807) is 24.3 Å². The lowest BCUT2D eigenvalue weighted by Gasteiger charge is -2.08. The van der Waals surface area contributed by atoms with E-state index in [-0.39, 0.29) is 18.4 Å². The van der Waals surface area contributed by atoms with Gasteiger partial charge in [0.05, 0.1) is 13.2 Å². The second-order valence-electron chi connectivity index (χ2n) is 4.48. The average molecular weight is 309 g/mol. The number of nitrogens with one attached hydrogen (secondary N) is 2. The molecule has 0 aliphatic rings. The minimum Gasteiger partial charge on any atom is -0.399 e. The predicted molar refractivity (Wildman–Crippen MR) is 83.5 cm³/mol. The Kier molecular flexibility index (Phi) is 8.63. The molecule has 0 aliphatic heterocycles. The Morgan fingerprint density at radius 3 is 2.36 bits per heavy atom. The van der Waals surface area contributed by atoms with Gasteiger partial charge in [-0.3, -0.25) is 9.59 Å². The molecule has 7 nitrogen and oxygen atoms in total. The van der Waals surface area contributed by atoms with Crippen molar-refractivity contribution < 1.29 is 19.1 Å². The minimum absolute atomic E-state index is 0.0149. The third-order valence-corrected chi connectivity index (χ3v) is 2.71. The largest absolute Gasteiger partial charge is 0.399 e. The van der Waals surface area contributed by atoms with Crippen LogP contribution in [0.15, 0.2) is 24.3 Å². The first kappa shape index (κ1) is 17.9. The van der Waals surface area contributed by atoms with Gasteiger partial charge in [0.2, 0.25) is 5.91 Å². The molecule has 1 aromatic carbocycles. The molecule has 2 amide bonds. The number of carbonyl (C=O) groups is 2. The summed E-state index contributed by atoms with van der Waals surface area (Å²) in [5.41, 5.74) is 6.68. The van der Waals surface area contributed by atoms with Crippen LogP contribution in [-0.2, 0) is 14.3 Å². The molecule has 4 N–H and O–H groups in total. The van der Waals surface area contributed by atoms with Gasteiger partial charge in [0.1, 0.15) is 6.61 Å². The summed E-state index contributed by atoms with van der Waals surface area (Å²) in [5.74, 6) is -0.430. The van der Waals surface area contributed by atoms with Gasteiger partial charge in [0.25, 0.3) is 5.91 Å². The number of benzene rings is 1. The monoisotopic (exact) mass is 309 g/mol. The predicted octanol–water partition coefficient (Wildman–Crippen LogP) is 0.168. The van der Waals surface area contributed by atoms with E-state index in [9.17, 15) is 9.59 Å². The molecule has 1 rings (SSSR count). The zero-order chi connectivity index (χ0) is 16.2. The Hall–Kier alpha value is -2.12. The van der Waals surface area contributed by atoms with E-state index in [1.165, 1.54) is 0 Å². The van der Waals surface area contributed by atoms with Crippen LogP contribution in [0, 0.1) is 0 Å². The topological polar surface area (TPSA) is 103 Å². The quantitative estimate of drug-likeness (QED) is 0.422. The van der Waals surface area contributed by atoms with Crippen molar-refractivity contribution in [3.63, 3.8) is 0 Å². The van der Waals surface area contributed by atoms with Crippen molar-refractivity contribution >= 4 is 17.5 Å². The zero-order valence-electron chi connectivity index (χ0n) is 12.8. The summed E-state index contributed by atoms with van der Waals surface area (Å²) in [7, 11) is 0. The van der Waals surface area contributed by atoms with Crippen molar-refractivity contribution in [2.45, 2.75) is 6.92 Å². The van der Waals surface area contributed by atoms with Gasteiger partial charge in [-0.1, -0.05) is 0 Å². The highest BCUT2D eigenvalue weighted by atomic mass is 16.5. The van der Waals surface area contributed by atoms with E-state index >= 15 is 0 Å². The van der Waals surface area contributed by atoms with Gasteiger partial charge in [-0.05, 0) is 31.2 Å². The number of hydrogen-bond acceptors (Lipinski definition) is 5. The summed E-state index contributed by atoms with van der Waals surface area (Å²) >= 11 is 0. The first-order valence-corrected chi connectivity index (χ1v) is 7.19. The maximum atomic E-state index is 11.8. The average Bonchev–Trinajstić information content (AvgIpc) is 2.52. The van der Waals surface area contributed by atoms with E-state index in [0.29, 0.717) is 44.2 Å². The van der Waals surface area contributed by atoms with Gasteiger partial charge in [0.15, 0.2) is 0 Å². The summed E-state index contributed by atoms with van der Waals surface area (Å²) < 4.78 is 10.2. The first-order valence-electron chi connectivity index (χ1n) is 7.19. The van der Waals surface area contributed by atoms with Gasteiger partial charge >= 0.3 is 0 Å². The standard InChI is InChI=1S/C15H23N3O4/c1-2-21-9-10-22-11-14(19)17-7-8-18-15(20)12-3-5-13(16)6-4-12/h3-6H,2,7-11,16H2,1H3,(H,17,19)(H,18,20). The molecule has 0 heterocycles. The maximum absolute atomic E-state index is 11.8. The third-order valence-electron chi connectivity index (χ3n) is 2.71. The van der Waals surface area contributed by atoms with E-state index in [2.05, 4.69) is 10.6 Å². The SMILES string of the molecule is CCOCCOCC(=O)NCCNC(=O)c1ccc(N)cc1. The van der Waals surface area contributed by atoms with Gasteiger partial charge in [-0.15, -0.1) is 0 Å². The third kappa shape index (κ3) is 7.61. The van der Waals surface area contributed by atoms with Crippen LogP contribution in [0.2, 0.25) is 0 Å². The smallest absolute Gasteiger partial charge is 0.251 e. The van der Waals surface area contributed by atoms with E-state index < -0.39 is 0 Å². The highest BCUT2D eigenvalue weighted by Gasteiger charge is 2.05. The van der Waals surface area contributed by atoms with Crippen molar-refractivity contribution in [1.29, 1.82) is 0 Å². The highest BCUT2D eigenvalue weighted by Crippen LogP contribution is 2.04. The summed E-state index contributed by atoms with van der Waals surface area (Å²) in [5, 5.41) is 5.35. The Bertz CT molecular complexity index is 462. The summed E-state index contributed by atoms with van der Waals surface area (Å²) in [6.07, 6.45) is 0. The van der Waals surface area contributed by atoms with Crippen LogP contribution >= 0.6 is 0 Å². The van der Waals surface area contributed by atoms with E-state index in [0.717, 1.165) is 0 Å². The Labute approximate surface area is 130 Å². The molecule has 0 radical (unpaired) electrons. The maximum Gasteiger partial charge on any atom is 0.251 e. The number of hydrogen-bond donors (Lipinski definition) is 3. The Morgan fingerprint density at radius 1 is 1.05 bits per heavy atom. The zero-order valence-corrected chi connectivity index (χ0v) is 12.8. The molecule has 0 unspecified atom stereocenters. The number of anilines is 1. The molecule has 0 bridgehead atoms. The van der Waals surface area contributed by atoms with Crippen molar-refractivity contribution in [2.75, 3.05) is 45.3 Å². The van der Waals surface area contributed by atoms with Crippen LogP contribution in [0.5, 0.6) is 0 Å². The van der Waals surface area contributed by atoms with Crippen molar-refractivity contribution in [3.05, 3.63) is 29.8 Å². The number of nitrogen functional groups attached to an aromatic ring is 1. The van der Waals surface area contributed by atoms with Crippen LogP contribution < -0.4 is 16.4 Å². The normalized spacial score (nSPS) is 10.2. The molecular weight excluding hydrogens is 286 g/mol. The second-order valence-corrected chi connectivity index (χ2v) is 4.48. The molecule has 0 fully saturated rings. The van der Waals surface area contributed by atoms with Crippen LogP contribution in [-0.4, -0.2) is 51.3 Å².